The van der Waals surface area contributed by atoms with Gasteiger partial charge in [-0.2, -0.15) is 0 Å². The Morgan fingerprint density at radius 2 is 1.90 bits per heavy atom. The zero-order chi connectivity index (χ0) is 15.2. The van der Waals surface area contributed by atoms with E-state index in [9.17, 15) is 9.59 Å². The minimum absolute atomic E-state index is 0.0422. The molecule has 1 aromatic carbocycles. The molecule has 0 fully saturated rings. The van der Waals surface area contributed by atoms with Crippen molar-refractivity contribution in [1.82, 2.24) is 4.90 Å². The molecule has 110 valence electrons. The Bertz CT molecular complexity index is 616. The van der Waals surface area contributed by atoms with Crippen LogP contribution in [0.2, 0.25) is 0 Å². The SMILES string of the molecule is CCN(CC)C(=O)c1cccc(NC(=O)c2ccoc2)c1. The van der Waals surface area contributed by atoms with Gasteiger partial charge >= 0.3 is 0 Å². The molecule has 0 aliphatic carbocycles. The van der Waals surface area contributed by atoms with Gasteiger partial charge in [0.1, 0.15) is 6.26 Å². The largest absolute Gasteiger partial charge is 0.472 e. The Morgan fingerprint density at radius 1 is 1.14 bits per heavy atom. The molecule has 0 unspecified atom stereocenters. The smallest absolute Gasteiger partial charge is 0.258 e. The fraction of sp³-hybridized carbons (Fsp3) is 0.250. The Kier molecular flexibility index (Phi) is 4.77. The predicted octanol–water partition coefficient (Wildman–Crippen LogP) is 3.01. The molecule has 2 amide bonds. The van der Waals surface area contributed by atoms with Crippen LogP contribution in [0.15, 0.2) is 47.3 Å². The van der Waals surface area contributed by atoms with Crippen LogP contribution in [0, 0.1) is 0 Å². The van der Waals surface area contributed by atoms with Crippen molar-refractivity contribution in [2.75, 3.05) is 18.4 Å². The third-order valence-electron chi connectivity index (χ3n) is 3.20. The summed E-state index contributed by atoms with van der Waals surface area (Å²) >= 11 is 0. The Balaban J connectivity index is 2.14. The summed E-state index contributed by atoms with van der Waals surface area (Å²) in [6.07, 6.45) is 2.81. The minimum Gasteiger partial charge on any atom is -0.472 e. The van der Waals surface area contributed by atoms with E-state index in [1.807, 2.05) is 13.8 Å². The number of hydrogen-bond acceptors (Lipinski definition) is 3. The highest BCUT2D eigenvalue weighted by molar-refractivity contribution is 6.04. The van der Waals surface area contributed by atoms with Gasteiger partial charge in [0.25, 0.3) is 11.8 Å². The maximum Gasteiger partial charge on any atom is 0.258 e. The average molecular weight is 286 g/mol. The van der Waals surface area contributed by atoms with E-state index >= 15 is 0 Å². The van der Waals surface area contributed by atoms with Crippen LogP contribution in [0.3, 0.4) is 0 Å². The van der Waals surface area contributed by atoms with Gasteiger partial charge in [-0.15, -0.1) is 0 Å². The number of carbonyl (C=O) groups excluding carboxylic acids is 2. The molecule has 0 spiro atoms. The van der Waals surface area contributed by atoms with Crippen LogP contribution >= 0.6 is 0 Å². The lowest BCUT2D eigenvalue weighted by Crippen LogP contribution is -2.30. The van der Waals surface area contributed by atoms with E-state index in [-0.39, 0.29) is 11.8 Å². The lowest BCUT2D eigenvalue weighted by Gasteiger charge is -2.18. The number of furan rings is 1. The molecule has 2 aromatic rings. The molecule has 0 radical (unpaired) electrons. The lowest BCUT2D eigenvalue weighted by atomic mass is 10.1. The van der Waals surface area contributed by atoms with Crippen LogP contribution in [0.25, 0.3) is 0 Å². The summed E-state index contributed by atoms with van der Waals surface area (Å²) in [5.74, 6) is -0.310. The molecule has 21 heavy (non-hydrogen) atoms. The number of nitrogens with one attached hydrogen (secondary N) is 1. The monoisotopic (exact) mass is 286 g/mol. The molecular weight excluding hydrogens is 268 g/mol. The summed E-state index contributed by atoms with van der Waals surface area (Å²) in [6.45, 7) is 5.18. The van der Waals surface area contributed by atoms with E-state index in [0.29, 0.717) is 29.9 Å². The summed E-state index contributed by atoms with van der Waals surface area (Å²) < 4.78 is 4.87. The molecule has 5 heteroatoms. The van der Waals surface area contributed by atoms with Crippen molar-refractivity contribution in [2.24, 2.45) is 0 Å². The maximum absolute atomic E-state index is 12.3. The maximum atomic E-state index is 12.3. The summed E-state index contributed by atoms with van der Waals surface area (Å²) in [5.41, 5.74) is 1.58. The first-order valence-corrected chi connectivity index (χ1v) is 6.88. The summed E-state index contributed by atoms with van der Waals surface area (Å²) in [4.78, 5) is 25.9. The number of anilines is 1. The van der Waals surface area contributed by atoms with E-state index in [0.717, 1.165) is 0 Å². The number of amides is 2. The third-order valence-corrected chi connectivity index (χ3v) is 3.20. The van der Waals surface area contributed by atoms with E-state index in [1.165, 1.54) is 12.5 Å². The van der Waals surface area contributed by atoms with Gasteiger partial charge in [-0.1, -0.05) is 6.07 Å². The van der Waals surface area contributed by atoms with Crippen LogP contribution in [-0.4, -0.2) is 29.8 Å². The molecule has 5 nitrogen and oxygen atoms in total. The summed E-state index contributed by atoms with van der Waals surface area (Å²) in [6, 6.07) is 8.51. The van der Waals surface area contributed by atoms with Crippen molar-refractivity contribution in [1.29, 1.82) is 0 Å². The van der Waals surface area contributed by atoms with Crippen molar-refractivity contribution in [3.05, 3.63) is 54.0 Å². The van der Waals surface area contributed by atoms with Crippen molar-refractivity contribution >= 4 is 17.5 Å². The second-order valence-corrected chi connectivity index (χ2v) is 4.52. The van der Waals surface area contributed by atoms with Gasteiger partial charge < -0.3 is 14.6 Å². The van der Waals surface area contributed by atoms with Crippen molar-refractivity contribution in [3.8, 4) is 0 Å². The summed E-state index contributed by atoms with van der Waals surface area (Å²) in [7, 11) is 0. The highest BCUT2D eigenvalue weighted by Crippen LogP contribution is 2.14. The molecule has 0 atom stereocenters. The highest BCUT2D eigenvalue weighted by atomic mass is 16.3. The van der Waals surface area contributed by atoms with Gasteiger partial charge in [-0.05, 0) is 38.1 Å². The van der Waals surface area contributed by atoms with Crippen LogP contribution in [0.1, 0.15) is 34.6 Å². The molecule has 0 aliphatic rings. The van der Waals surface area contributed by atoms with E-state index in [2.05, 4.69) is 5.32 Å². The van der Waals surface area contributed by atoms with Gasteiger partial charge in [0.15, 0.2) is 0 Å². The first-order chi connectivity index (χ1) is 10.2. The first-order valence-electron chi connectivity index (χ1n) is 6.88. The third kappa shape index (κ3) is 3.51. The molecule has 2 rings (SSSR count). The van der Waals surface area contributed by atoms with Crippen LogP contribution in [0.5, 0.6) is 0 Å². The highest BCUT2D eigenvalue weighted by Gasteiger charge is 2.13. The first kappa shape index (κ1) is 14.8. The lowest BCUT2D eigenvalue weighted by molar-refractivity contribution is 0.0772. The second kappa shape index (κ2) is 6.74. The number of hydrogen-bond donors (Lipinski definition) is 1. The van der Waals surface area contributed by atoms with Gasteiger partial charge in [-0.25, -0.2) is 0 Å². The fourth-order valence-corrected chi connectivity index (χ4v) is 2.02. The van der Waals surface area contributed by atoms with E-state index in [1.54, 1.807) is 35.2 Å². The average Bonchev–Trinajstić information content (AvgIpc) is 3.03. The number of rotatable bonds is 5. The van der Waals surface area contributed by atoms with Crippen molar-refractivity contribution in [2.45, 2.75) is 13.8 Å². The Hall–Kier alpha value is -2.56. The molecule has 0 aliphatic heterocycles. The number of benzene rings is 1. The quantitative estimate of drug-likeness (QED) is 0.919. The molecule has 0 saturated carbocycles. The van der Waals surface area contributed by atoms with Crippen molar-refractivity contribution < 1.29 is 14.0 Å². The Labute approximate surface area is 123 Å². The molecule has 1 aromatic heterocycles. The molecule has 0 saturated heterocycles. The van der Waals surface area contributed by atoms with Gasteiger partial charge in [0.05, 0.1) is 11.8 Å². The molecule has 0 bridgehead atoms. The summed E-state index contributed by atoms with van der Waals surface area (Å²) in [5, 5.41) is 2.74. The topological polar surface area (TPSA) is 62.6 Å². The van der Waals surface area contributed by atoms with Crippen LogP contribution in [0.4, 0.5) is 5.69 Å². The van der Waals surface area contributed by atoms with E-state index < -0.39 is 0 Å². The number of carbonyl (C=O) groups is 2. The normalized spacial score (nSPS) is 10.2. The van der Waals surface area contributed by atoms with Gasteiger partial charge in [-0.3, -0.25) is 9.59 Å². The fourth-order valence-electron chi connectivity index (χ4n) is 2.02. The number of nitrogens with zero attached hydrogens (tertiary/aromatic N) is 1. The second-order valence-electron chi connectivity index (χ2n) is 4.52. The Morgan fingerprint density at radius 3 is 2.52 bits per heavy atom. The van der Waals surface area contributed by atoms with Gasteiger partial charge in [0, 0.05) is 24.3 Å². The van der Waals surface area contributed by atoms with Gasteiger partial charge in [0.2, 0.25) is 0 Å². The van der Waals surface area contributed by atoms with E-state index in [4.69, 9.17) is 4.42 Å². The minimum atomic E-state index is -0.267. The molecule has 1 N–H and O–H groups in total. The van der Waals surface area contributed by atoms with Crippen LogP contribution in [-0.2, 0) is 0 Å². The zero-order valence-corrected chi connectivity index (χ0v) is 12.1. The van der Waals surface area contributed by atoms with Crippen molar-refractivity contribution in [3.63, 3.8) is 0 Å². The predicted molar refractivity (Wildman–Crippen MR) is 80.4 cm³/mol. The van der Waals surface area contributed by atoms with Crippen LogP contribution < -0.4 is 5.32 Å². The standard InChI is InChI=1S/C16H18N2O3/c1-3-18(4-2)16(20)12-6-5-7-14(10-12)17-15(19)13-8-9-21-11-13/h5-11H,3-4H2,1-2H3,(H,17,19). The zero-order valence-electron chi connectivity index (χ0n) is 12.1. The molecular formula is C16H18N2O3. The molecule has 1 heterocycles.